The van der Waals surface area contributed by atoms with E-state index in [0.717, 1.165) is 48.6 Å². The van der Waals surface area contributed by atoms with E-state index < -0.39 is 0 Å². The molecule has 0 bridgehead atoms. The molecule has 0 atom stereocenters. The van der Waals surface area contributed by atoms with Gasteiger partial charge < -0.3 is 25.2 Å². The van der Waals surface area contributed by atoms with Gasteiger partial charge in [-0.25, -0.2) is 19.9 Å². The molecule has 39 heavy (non-hydrogen) atoms. The summed E-state index contributed by atoms with van der Waals surface area (Å²) in [6, 6.07) is 11.1. The lowest BCUT2D eigenvalue weighted by Gasteiger charge is -2.32. The number of hydrogen-bond acceptors (Lipinski definition) is 9. The molecule has 200 valence electrons. The molecular formula is C29H32N8O2. The van der Waals surface area contributed by atoms with E-state index in [4.69, 9.17) is 9.72 Å². The first-order valence-corrected chi connectivity index (χ1v) is 12.8. The summed E-state index contributed by atoms with van der Waals surface area (Å²) in [5, 5.41) is 6.35. The zero-order chi connectivity index (χ0) is 27.5. The molecule has 4 aromatic rings. The molecule has 2 aromatic heterocycles. The predicted molar refractivity (Wildman–Crippen MR) is 155 cm³/mol. The van der Waals surface area contributed by atoms with Gasteiger partial charge in [-0.05, 0) is 56.3 Å². The Balaban J connectivity index is 1.42. The summed E-state index contributed by atoms with van der Waals surface area (Å²) >= 11 is 0. The fourth-order valence-electron chi connectivity index (χ4n) is 4.39. The summed E-state index contributed by atoms with van der Waals surface area (Å²) < 4.78 is 5.45. The molecule has 1 fully saturated rings. The van der Waals surface area contributed by atoms with Crippen molar-refractivity contribution in [3.05, 3.63) is 72.2 Å². The molecule has 3 heterocycles. The highest BCUT2D eigenvalue weighted by Gasteiger charge is 2.19. The summed E-state index contributed by atoms with van der Waals surface area (Å²) in [4.78, 5) is 35.9. The highest BCUT2D eigenvalue weighted by atomic mass is 16.5. The van der Waals surface area contributed by atoms with Crippen LogP contribution in [0.3, 0.4) is 0 Å². The molecule has 0 radical (unpaired) electrons. The lowest BCUT2D eigenvalue weighted by Crippen LogP contribution is -2.45. The van der Waals surface area contributed by atoms with Crippen LogP contribution in [0.4, 0.5) is 23.1 Å². The second-order valence-electron chi connectivity index (χ2n) is 9.72. The third kappa shape index (κ3) is 5.65. The highest BCUT2D eigenvalue weighted by molar-refractivity contribution is 6.06. The summed E-state index contributed by atoms with van der Waals surface area (Å²) in [6.07, 6.45) is 3.21. The Hall–Kier alpha value is -4.57. The molecule has 5 rings (SSSR count). The van der Waals surface area contributed by atoms with Gasteiger partial charge in [-0.2, -0.15) is 0 Å². The maximum absolute atomic E-state index is 13.3. The number of carbonyl (C=O) groups excluding carboxylic acids is 1. The van der Waals surface area contributed by atoms with Crippen molar-refractivity contribution in [1.29, 1.82) is 0 Å². The van der Waals surface area contributed by atoms with Crippen molar-refractivity contribution < 1.29 is 9.53 Å². The number of benzene rings is 2. The average Bonchev–Trinajstić information content (AvgIpc) is 2.94. The van der Waals surface area contributed by atoms with Gasteiger partial charge in [0.1, 0.15) is 23.1 Å². The van der Waals surface area contributed by atoms with Crippen molar-refractivity contribution in [2.45, 2.75) is 13.8 Å². The molecular weight excluding hydrogens is 492 g/mol. The van der Waals surface area contributed by atoms with Crippen molar-refractivity contribution in [3.8, 4) is 5.75 Å². The number of piperazine rings is 1. The van der Waals surface area contributed by atoms with Gasteiger partial charge in [-0.1, -0.05) is 24.3 Å². The molecule has 1 amide bonds. The Morgan fingerprint density at radius 2 is 1.74 bits per heavy atom. The minimum absolute atomic E-state index is 0.262. The van der Waals surface area contributed by atoms with E-state index in [1.54, 1.807) is 25.4 Å². The van der Waals surface area contributed by atoms with Crippen molar-refractivity contribution in [3.63, 3.8) is 0 Å². The van der Waals surface area contributed by atoms with E-state index in [1.165, 1.54) is 6.33 Å². The fourth-order valence-corrected chi connectivity index (χ4v) is 4.39. The van der Waals surface area contributed by atoms with Crippen LogP contribution in [0.2, 0.25) is 0 Å². The summed E-state index contributed by atoms with van der Waals surface area (Å²) in [5.41, 5.74) is 5.83. The zero-order valence-corrected chi connectivity index (χ0v) is 22.7. The second-order valence-corrected chi connectivity index (χ2v) is 9.72. The topological polar surface area (TPSA) is 108 Å². The zero-order valence-electron chi connectivity index (χ0n) is 22.7. The van der Waals surface area contributed by atoms with Crippen LogP contribution >= 0.6 is 0 Å². The van der Waals surface area contributed by atoms with E-state index in [-0.39, 0.29) is 5.91 Å². The van der Waals surface area contributed by atoms with Gasteiger partial charge >= 0.3 is 0 Å². The van der Waals surface area contributed by atoms with Crippen molar-refractivity contribution in [2.24, 2.45) is 0 Å². The molecule has 2 N–H and O–H groups in total. The van der Waals surface area contributed by atoms with Crippen molar-refractivity contribution >= 4 is 45.7 Å². The van der Waals surface area contributed by atoms with Crippen LogP contribution in [-0.2, 0) is 0 Å². The number of allylic oxidation sites excluding steroid dienone is 1. The number of aromatic nitrogens is 4. The number of aryl methyl sites for hydroxylation is 1. The summed E-state index contributed by atoms with van der Waals surface area (Å²) in [5.74, 6) is 1.52. The van der Waals surface area contributed by atoms with Gasteiger partial charge in [0.2, 0.25) is 5.95 Å². The van der Waals surface area contributed by atoms with Crippen LogP contribution < -0.4 is 20.3 Å². The maximum Gasteiger partial charge on any atom is 0.255 e. The van der Waals surface area contributed by atoms with Crippen LogP contribution in [0, 0.1) is 6.92 Å². The van der Waals surface area contributed by atoms with Gasteiger partial charge in [0, 0.05) is 37.4 Å². The van der Waals surface area contributed by atoms with Gasteiger partial charge in [-0.3, -0.25) is 4.79 Å². The monoisotopic (exact) mass is 524 g/mol. The average molecular weight is 525 g/mol. The van der Waals surface area contributed by atoms with Crippen LogP contribution in [0.1, 0.15) is 28.4 Å². The first-order valence-electron chi connectivity index (χ1n) is 12.8. The summed E-state index contributed by atoms with van der Waals surface area (Å²) in [7, 11) is 3.69. The molecule has 1 aliphatic heterocycles. The summed E-state index contributed by atoms with van der Waals surface area (Å²) in [6.45, 7) is 11.5. The number of nitrogens with one attached hydrogen (secondary N) is 2. The molecule has 1 saturated heterocycles. The Bertz CT molecular complexity index is 1550. The van der Waals surface area contributed by atoms with Crippen LogP contribution in [-0.4, -0.2) is 71.1 Å². The minimum atomic E-state index is -0.262. The predicted octanol–water partition coefficient (Wildman–Crippen LogP) is 4.52. The number of amides is 1. The van der Waals surface area contributed by atoms with Gasteiger partial charge in [0.15, 0.2) is 5.82 Å². The normalized spacial score (nSPS) is 13.8. The lowest BCUT2D eigenvalue weighted by atomic mass is 10.1. The van der Waals surface area contributed by atoms with Crippen molar-refractivity contribution in [2.75, 3.05) is 55.9 Å². The Morgan fingerprint density at radius 1 is 1.00 bits per heavy atom. The molecule has 0 spiro atoms. The van der Waals surface area contributed by atoms with E-state index in [0.29, 0.717) is 39.8 Å². The van der Waals surface area contributed by atoms with Gasteiger partial charge in [0.05, 0.1) is 19.0 Å². The number of hydrogen-bond donors (Lipinski definition) is 2. The molecule has 2 aromatic carbocycles. The van der Waals surface area contributed by atoms with Gasteiger partial charge in [0.25, 0.3) is 5.91 Å². The fraction of sp³-hybridized carbons (Fsp3) is 0.276. The first-order chi connectivity index (χ1) is 18.8. The number of ether oxygens (including phenoxy) is 1. The Kier molecular flexibility index (Phi) is 7.38. The molecule has 0 unspecified atom stereocenters. The number of likely N-dealkylation sites (N-methyl/N-ethyl adjacent to an activating group) is 1. The number of anilines is 4. The molecule has 0 saturated carbocycles. The number of carbonyl (C=O) groups is 1. The number of nitrogens with zero attached hydrogens (tertiary/aromatic N) is 6. The smallest absolute Gasteiger partial charge is 0.255 e. The van der Waals surface area contributed by atoms with Crippen LogP contribution in [0.25, 0.3) is 16.6 Å². The molecule has 0 aliphatic carbocycles. The SMILES string of the molecule is C=C(C)c1ccc(OC)c(NC(=O)c2ccc(C)c(Nc3ncnc4cnc(N5CCN(C)CC5)nc34)c2)c1. The first kappa shape index (κ1) is 26.1. The van der Waals surface area contributed by atoms with Crippen molar-refractivity contribution in [1.82, 2.24) is 24.8 Å². The van der Waals surface area contributed by atoms with Gasteiger partial charge in [-0.15, -0.1) is 0 Å². The Labute approximate surface area is 227 Å². The van der Waals surface area contributed by atoms with E-state index in [1.807, 2.05) is 38.1 Å². The maximum atomic E-state index is 13.3. The molecule has 10 nitrogen and oxygen atoms in total. The largest absolute Gasteiger partial charge is 0.495 e. The third-order valence-electron chi connectivity index (χ3n) is 6.84. The standard InChI is InChI=1S/C29H32N8O2/c1-18(2)20-8-9-25(39-5)23(14-20)34-28(38)21-7-6-19(3)22(15-21)33-27-26-24(31-17-32-27)16-30-29(35-26)37-12-10-36(4)11-13-37/h6-9,14-17H,1,10-13H2,2-5H3,(H,34,38)(H,31,32,33). The molecule has 10 heteroatoms. The quantitative estimate of drug-likeness (QED) is 0.361. The van der Waals surface area contributed by atoms with Crippen LogP contribution in [0.5, 0.6) is 5.75 Å². The number of rotatable bonds is 7. The van der Waals surface area contributed by atoms with E-state index in [2.05, 4.69) is 49.0 Å². The Morgan fingerprint density at radius 3 is 2.49 bits per heavy atom. The number of methoxy groups -OCH3 is 1. The second kappa shape index (κ2) is 11.0. The highest BCUT2D eigenvalue weighted by Crippen LogP contribution is 2.30. The minimum Gasteiger partial charge on any atom is -0.495 e. The van der Waals surface area contributed by atoms with Crippen LogP contribution in [0.15, 0.2) is 55.5 Å². The third-order valence-corrected chi connectivity index (χ3v) is 6.84. The van der Waals surface area contributed by atoms with E-state index >= 15 is 0 Å². The lowest BCUT2D eigenvalue weighted by molar-refractivity contribution is 0.102. The van der Waals surface area contributed by atoms with E-state index in [9.17, 15) is 4.79 Å². The molecule has 1 aliphatic rings. The number of fused-ring (bicyclic) bond motifs is 1.